The van der Waals surface area contributed by atoms with Gasteiger partial charge in [0.2, 0.25) is 5.91 Å². The van der Waals surface area contributed by atoms with E-state index in [4.69, 9.17) is 5.73 Å². The van der Waals surface area contributed by atoms with Crippen LogP contribution in [-0.2, 0) is 11.3 Å². The van der Waals surface area contributed by atoms with Crippen molar-refractivity contribution in [3.8, 4) is 10.6 Å². The highest BCUT2D eigenvalue weighted by atomic mass is 35.5. The highest BCUT2D eigenvalue weighted by molar-refractivity contribution is 7.98. The van der Waals surface area contributed by atoms with E-state index in [-0.39, 0.29) is 18.3 Å². The molecule has 3 N–H and O–H groups in total. The predicted molar refractivity (Wildman–Crippen MR) is 97.6 cm³/mol. The topological polar surface area (TPSA) is 68.0 Å². The molecule has 0 aliphatic heterocycles. The number of hydrogen-bond acceptors (Lipinski definition) is 5. The van der Waals surface area contributed by atoms with Gasteiger partial charge in [-0.3, -0.25) is 4.79 Å². The Labute approximate surface area is 145 Å². The second kappa shape index (κ2) is 9.84. The summed E-state index contributed by atoms with van der Waals surface area (Å²) in [6.07, 6.45) is 2.70. The number of rotatable bonds is 7. The molecule has 1 aromatic heterocycles. The number of aromatic nitrogens is 1. The highest BCUT2D eigenvalue weighted by Gasteiger charge is 2.13. The zero-order chi connectivity index (χ0) is 15.1. The minimum absolute atomic E-state index is 0. The van der Waals surface area contributed by atoms with Crippen LogP contribution < -0.4 is 11.1 Å². The Bertz CT molecular complexity index is 577. The fourth-order valence-corrected chi connectivity index (χ4v) is 3.10. The summed E-state index contributed by atoms with van der Waals surface area (Å²) in [5.74, 6) is 0.780. The average molecular weight is 358 g/mol. The number of nitrogens with one attached hydrogen (secondary N) is 1. The van der Waals surface area contributed by atoms with Crippen LogP contribution in [0.3, 0.4) is 0 Å². The number of carbonyl (C=O) groups is 1. The molecule has 7 heteroatoms. The Morgan fingerprint density at radius 2 is 2.14 bits per heavy atom. The minimum atomic E-state index is -0.440. The van der Waals surface area contributed by atoms with Crippen LogP contribution in [0.1, 0.15) is 12.1 Å². The molecular weight excluding hydrogens is 338 g/mol. The normalized spacial score (nSPS) is 11.5. The maximum atomic E-state index is 11.8. The number of hydrogen-bond donors (Lipinski definition) is 2. The number of benzene rings is 1. The van der Waals surface area contributed by atoms with E-state index < -0.39 is 6.04 Å². The molecule has 1 aromatic carbocycles. The van der Waals surface area contributed by atoms with Crippen molar-refractivity contribution in [3.63, 3.8) is 0 Å². The Morgan fingerprint density at radius 3 is 2.82 bits per heavy atom. The molecule has 0 bridgehead atoms. The van der Waals surface area contributed by atoms with Crippen LogP contribution >= 0.6 is 35.5 Å². The van der Waals surface area contributed by atoms with Crippen LogP contribution in [-0.4, -0.2) is 28.9 Å². The van der Waals surface area contributed by atoms with Gasteiger partial charge < -0.3 is 11.1 Å². The van der Waals surface area contributed by atoms with Gasteiger partial charge in [0.1, 0.15) is 5.01 Å². The third-order valence-electron chi connectivity index (χ3n) is 2.99. The lowest BCUT2D eigenvalue weighted by Gasteiger charge is -2.10. The molecule has 0 fully saturated rings. The quantitative estimate of drug-likeness (QED) is 0.799. The van der Waals surface area contributed by atoms with Crippen molar-refractivity contribution < 1.29 is 4.79 Å². The summed E-state index contributed by atoms with van der Waals surface area (Å²) in [5.41, 5.74) is 7.78. The van der Waals surface area contributed by atoms with Crippen molar-refractivity contribution in [2.75, 3.05) is 12.0 Å². The van der Waals surface area contributed by atoms with E-state index in [1.807, 2.05) is 42.0 Å². The van der Waals surface area contributed by atoms with E-state index in [1.165, 1.54) is 0 Å². The Balaban J connectivity index is 0.00000242. The number of thiazole rings is 1. The third kappa shape index (κ3) is 5.61. The smallest absolute Gasteiger partial charge is 0.237 e. The van der Waals surface area contributed by atoms with Gasteiger partial charge in [0.25, 0.3) is 0 Å². The van der Waals surface area contributed by atoms with Crippen LogP contribution in [0.4, 0.5) is 0 Å². The maximum absolute atomic E-state index is 11.8. The largest absolute Gasteiger partial charge is 0.349 e. The van der Waals surface area contributed by atoms with E-state index in [0.29, 0.717) is 13.0 Å². The monoisotopic (exact) mass is 357 g/mol. The molecule has 2 rings (SSSR count). The van der Waals surface area contributed by atoms with Gasteiger partial charge in [-0.05, 0) is 18.4 Å². The van der Waals surface area contributed by atoms with Gasteiger partial charge >= 0.3 is 0 Å². The van der Waals surface area contributed by atoms with Crippen molar-refractivity contribution in [2.45, 2.75) is 19.0 Å². The van der Waals surface area contributed by atoms with E-state index in [1.54, 1.807) is 23.1 Å². The van der Waals surface area contributed by atoms with Gasteiger partial charge in [-0.15, -0.1) is 23.7 Å². The predicted octanol–water partition coefficient (Wildman–Crippen LogP) is 2.93. The second-order valence-corrected chi connectivity index (χ2v) is 6.46. The van der Waals surface area contributed by atoms with Gasteiger partial charge in [0.15, 0.2) is 0 Å². The third-order valence-corrected chi connectivity index (χ3v) is 4.57. The van der Waals surface area contributed by atoms with Crippen molar-refractivity contribution in [3.05, 3.63) is 41.4 Å². The molecule has 0 saturated carbocycles. The summed E-state index contributed by atoms with van der Waals surface area (Å²) >= 11 is 3.27. The highest BCUT2D eigenvalue weighted by Crippen LogP contribution is 2.23. The van der Waals surface area contributed by atoms with Crippen LogP contribution in [0.15, 0.2) is 35.7 Å². The van der Waals surface area contributed by atoms with Crippen molar-refractivity contribution in [2.24, 2.45) is 5.73 Å². The first-order chi connectivity index (χ1) is 10.2. The first-order valence-electron chi connectivity index (χ1n) is 6.72. The van der Waals surface area contributed by atoms with Gasteiger partial charge in [-0.1, -0.05) is 30.3 Å². The first-order valence-corrected chi connectivity index (χ1v) is 9.00. The molecule has 0 aliphatic carbocycles. The standard InChI is InChI=1S/C15H19N3OS2.ClH/c1-20-8-7-13(16)14(19)17-9-12-10-21-15(18-12)11-5-3-2-4-6-11;/h2-6,10,13H,7-9,16H2,1H3,(H,17,19);1H/t13-;/m0./s1. The first kappa shape index (κ1) is 19.0. The lowest BCUT2D eigenvalue weighted by atomic mass is 10.2. The molecular formula is C15H20ClN3OS2. The molecule has 0 saturated heterocycles. The molecule has 22 heavy (non-hydrogen) atoms. The summed E-state index contributed by atoms with van der Waals surface area (Å²) in [7, 11) is 0. The summed E-state index contributed by atoms with van der Waals surface area (Å²) in [5, 5.41) is 5.78. The van der Waals surface area contributed by atoms with Crippen molar-refractivity contribution in [1.29, 1.82) is 0 Å². The number of nitrogens with zero attached hydrogens (tertiary/aromatic N) is 1. The van der Waals surface area contributed by atoms with Crippen molar-refractivity contribution >= 4 is 41.4 Å². The van der Waals surface area contributed by atoms with Crippen LogP contribution in [0.5, 0.6) is 0 Å². The minimum Gasteiger partial charge on any atom is -0.349 e. The molecule has 0 radical (unpaired) electrons. The van der Waals surface area contributed by atoms with Crippen LogP contribution in [0, 0.1) is 0 Å². The second-order valence-electron chi connectivity index (χ2n) is 4.62. The summed E-state index contributed by atoms with van der Waals surface area (Å²) in [6, 6.07) is 9.57. The SMILES string of the molecule is CSCC[C@H](N)C(=O)NCc1csc(-c2ccccc2)n1.Cl. The molecule has 2 aromatic rings. The zero-order valence-electron chi connectivity index (χ0n) is 12.3. The average Bonchev–Trinajstić information content (AvgIpc) is 3.00. The fraction of sp³-hybridized carbons (Fsp3) is 0.333. The molecule has 4 nitrogen and oxygen atoms in total. The summed E-state index contributed by atoms with van der Waals surface area (Å²) in [4.78, 5) is 16.4. The molecule has 0 unspecified atom stereocenters. The molecule has 1 amide bonds. The Kier molecular flexibility index (Phi) is 8.48. The van der Waals surface area contributed by atoms with Crippen LogP contribution in [0.25, 0.3) is 10.6 Å². The number of nitrogens with two attached hydrogens (primary N) is 1. The number of halogens is 1. The Morgan fingerprint density at radius 1 is 1.41 bits per heavy atom. The molecule has 0 aliphatic rings. The number of amides is 1. The zero-order valence-corrected chi connectivity index (χ0v) is 14.8. The number of thioether (sulfide) groups is 1. The molecule has 0 spiro atoms. The molecule has 1 heterocycles. The fourth-order valence-electron chi connectivity index (χ4n) is 1.79. The van der Waals surface area contributed by atoms with E-state index in [9.17, 15) is 4.79 Å². The maximum Gasteiger partial charge on any atom is 0.237 e. The van der Waals surface area contributed by atoms with Gasteiger partial charge in [0, 0.05) is 10.9 Å². The molecule has 1 atom stereocenters. The van der Waals surface area contributed by atoms with Gasteiger partial charge in [0.05, 0.1) is 18.3 Å². The Hall–Kier alpha value is -1.08. The molecule has 120 valence electrons. The van der Waals surface area contributed by atoms with E-state index in [0.717, 1.165) is 22.0 Å². The summed E-state index contributed by atoms with van der Waals surface area (Å²) < 4.78 is 0. The lowest BCUT2D eigenvalue weighted by Crippen LogP contribution is -2.40. The van der Waals surface area contributed by atoms with E-state index in [2.05, 4.69) is 10.3 Å². The van der Waals surface area contributed by atoms with Gasteiger partial charge in [-0.2, -0.15) is 11.8 Å². The van der Waals surface area contributed by atoms with Crippen LogP contribution in [0.2, 0.25) is 0 Å². The summed E-state index contributed by atoms with van der Waals surface area (Å²) in [6.45, 7) is 0.426. The number of carbonyl (C=O) groups excluding carboxylic acids is 1. The lowest BCUT2D eigenvalue weighted by molar-refractivity contribution is -0.122. The van der Waals surface area contributed by atoms with Crippen molar-refractivity contribution in [1.82, 2.24) is 10.3 Å². The van der Waals surface area contributed by atoms with E-state index >= 15 is 0 Å². The van der Waals surface area contributed by atoms with Gasteiger partial charge in [-0.25, -0.2) is 4.98 Å².